The maximum absolute atomic E-state index is 10.2. The minimum absolute atomic E-state index is 0.485. The van der Waals surface area contributed by atoms with Gasteiger partial charge in [-0.05, 0) is 35.9 Å². The number of halogens is 2. The smallest absolute Gasteiger partial charge is 0.106 e. The molecule has 0 aromatic heterocycles. The number of nitrogen functional groups attached to an aromatic ring is 1. The van der Waals surface area contributed by atoms with Crippen LogP contribution >= 0.6 is 23.2 Å². The van der Waals surface area contributed by atoms with Crippen LogP contribution in [-0.4, -0.2) is 5.11 Å². The average Bonchev–Trinajstić information content (AvgIpc) is 2.32. The van der Waals surface area contributed by atoms with Gasteiger partial charge in [0.2, 0.25) is 0 Å². The van der Waals surface area contributed by atoms with Crippen molar-refractivity contribution in [3.05, 3.63) is 63.6 Å². The van der Waals surface area contributed by atoms with E-state index in [2.05, 4.69) is 0 Å². The van der Waals surface area contributed by atoms with Crippen molar-refractivity contribution in [1.82, 2.24) is 0 Å². The molecule has 0 bridgehead atoms. The Morgan fingerprint density at radius 1 is 1.00 bits per heavy atom. The Balaban J connectivity index is 2.39. The molecule has 2 nitrogen and oxygen atoms in total. The van der Waals surface area contributed by atoms with Crippen molar-refractivity contribution in [2.75, 3.05) is 5.73 Å². The van der Waals surface area contributed by atoms with E-state index in [1.807, 2.05) is 0 Å². The first kappa shape index (κ1) is 12.2. The van der Waals surface area contributed by atoms with Crippen molar-refractivity contribution in [3.8, 4) is 0 Å². The quantitative estimate of drug-likeness (QED) is 0.816. The normalized spacial score (nSPS) is 12.4. The largest absolute Gasteiger partial charge is 0.399 e. The van der Waals surface area contributed by atoms with E-state index in [4.69, 9.17) is 28.9 Å². The molecule has 0 heterocycles. The Kier molecular flexibility index (Phi) is 3.57. The van der Waals surface area contributed by atoms with Crippen molar-refractivity contribution < 1.29 is 5.11 Å². The second-order valence-corrected chi connectivity index (χ2v) is 4.58. The standard InChI is InChI=1S/C13H11Cl2NO/c14-9-3-6-12(15)11(7-9)13(17)8-1-4-10(16)5-2-8/h1-7,13,17H,16H2. The van der Waals surface area contributed by atoms with E-state index in [1.54, 1.807) is 42.5 Å². The lowest BCUT2D eigenvalue weighted by Gasteiger charge is -2.13. The fourth-order valence-corrected chi connectivity index (χ4v) is 1.98. The molecule has 1 unspecified atom stereocenters. The van der Waals surface area contributed by atoms with Crippen LogP contribution in [0.15, 0.2) is 42.5 Å². The van der Waals surface area contributed by atoms with Gasteiger partial charge >= 0.3 is 0 Å². The zero-order valence-electron chi connectivity index (χ0n) is 8.90. The van der Waals surface area contributed by atoms with Crippen LogP contribution in [0.2, 0.25) is 10.0 Å². The van der Waals surface area contributed by atoms with Crippen molar-refractivity contribution in [2.24, 2.45) is 0 Å². The zero-order valence-corrected chi connectivity index (χ0v) is 10.4. The van der Waals surface area contributed by atoms with Gasteiger partial charge in [-0.2, -0.15) is 0 Å². The summed E-state index contributed by atoms with van der Waals surface area (Å²) in [4.78, 5) is 0. The molecule has 1 atom stereocenters. The van der Waals surface area contributed by atoms with Crippen LogP contribution in [0, 0.1) is 0 Å². The Bertz CT molecular complexity index is 525. The molecule has 0 saturated carbocycles. The van der Waals surface area contributed by atoms with E-state index in [9.17, 15) is 5.11 Å². The molecule has 17 heavy (non-hydrogen) atoms. The van der Waals surface area contributed by atoms with Gasteiger partial charge in [0.1, 0.15) is 6.10 Å². The third-order valence-corrected chi connectivity index (χ3v) is 3.08. The molecule has 0 aliphatic rings. The van der Waals surface area contributed by atoms with Crippen LogP contribution < -0.4 is 5.73 Å². The molecular formula is C13H11Cl2NO. The number of benzene rings is 2. The number of hydrogen-bond acceptors (Lipinski definition) is 2. The molecule has 2 aromatic rings. The monoisotopic (exact) mass is 267 g/mol. The zero-order chi connectivity index (χ0) is 12.4. The van der Waals surface area contributed by atoms with Gasteiger partial charge in [0.25, 0.3) is 0 Å². The summed E-state index contributed by atoms with van der Waals surface area (Å²) in [6.07, 6.45) is -0.804. The summed E-state index contributed by atoms with van der Waals surface area (Å²) in [5, 5.41) is 11.2. The second-order valence-electron chi connectivity index (χ2n) is 3.74. The fraction of sp³-hybridized carbons (Fsp3) is 0.0769. The van der Waals surface area contributed by atoms with Gasteiger partial charge in [-0.1, -0.05) is 35.3 Å². The maximum Gasteiger partial charge on any atom is 0.106 e. The lowest BCUT2D eigenvalue weighted by Crippen LogP contribution is -2.00. The highest BCUT2D eigenvalue weighted by atomic mass is 35.5. The van der Waals surface area contributed by atoms with E-state index in [0.717, 1.165) is 5.56 Å². The van der Waals surface area contributed by atoms with Crippen molar-refractivity contribution in [1.29, 1.82) is 0 Å². The highest BCUT2D eigenvalue weighted by Crippen LogP contribution is 2.30. The summed E-state index contributed by atoms with van der Waals surface area (Å²) >= 11 is 11.9. The second kappa shape index (κ2) is 4.96. The summed E-state index contributed by atoms with van der Waals surface area (Å²) in [6.45, 7) is 0. The highest BCUT2D eigenvalue weighted by Gasteiger charge is 2.14. The van der Waals surface area contributed by atoms with Crippen molar-refractivity contribution in [2.45, 2.75) is 6.10 Å². The summed E-state index contributed by atoms with van der Waals surface area (Å²) in [5.41, 5.74) is 7.55. The Hall–Kier alpha value is -1.22. The van der Waals surface area contributed by atoms with Crippen LogP contribution in [0.3, 0.4) is 0 Å². The molecule has 0 spiro atoms. The number of nitrogens with two attached hydrogens (primary N) is 1. The van der Waals surface area contributed by atoms with Crippen LogP contribution in [0.5, 0.6) is 0 Å². The molecule has 0 fully saturated rings. The first-order valence-electron chi connectivity index (χ1n) is 5.06. The summed E-state index contributed by atoms with van der Waals surface area (Å²) in [6, 6.07) is 12.0. The van der Waals surface area contributed by atoms with E-state index < -0.39 is 6.10 Å². The number of aliphatic hydroxyl groups excluding tert-OH is 1. The number of aliphatic hydroxyl groups is 1. The lowest BCUT2D eigenvalue weighted by molar-refractivity contribution is 0.220. The molecule has 3 N–H and O–H groups in total. The van der Waals surface area contributed by atoms with Crippen LogP contribution in [-0.2, 0) is 0 Å². The minimum atomic E-state index is -0.804. The van der Waals surface area contributed by atoms with Gasteiger partial charge in [0.15, 0.2) is 0 Å². The SMILES string of the molecule is Nc1ccc(C(O)c2cc(Cl)ccc2Cl)cc1. The Morgan fingerprint density at radius 3 is 2.29 bits per heavy atom. The number of hydrogen-bond donors (Lipinski definition) is 2. The lowest BCUT2D eigenvalue weighted by atomic mass is 10.0. The molecule has 0 aliphatic heterocycles. The predicted octanol–water partition coefficient (Wildman–Crippen LogP) is 3.66. The molecule has 0 amide bonds. The van der Waals surface area contributed by atoms with Gasteiger partial charge in [0, 0.05) is 21.3 Å². The number of rotatable bonds is 2. The fourth-order valence-electron chi connectivity index (χ4n) is 1.58. The molecule has 2 aromatic carbocycles. The third kappa shape index (κ3) is 2.72. The van der Waals surface area contributed by atoms with Gasteiger partial charge in [-0.15, -0.1) is 0 Å². The van der Waals surface area contributed by atoms with Crippen molar-refractivity contribution in [3.63, 3.8) is 0 Å². The van der Waals surface area contributed by atoms with E-state index in [0.29, 0.717) is 21.3 Å². The molecule has 0 aliphatic carbocycles. The van der Waals surface area contributed by atoms with Gasteiger partial charge in [-0.3, -0.25) is 0 Å². The van der Waals surface area contributed by atoms with E-state index >= 15 is 0 Å². The molecule has 4 heteroatoms. The Morgan fingerprint density at radius 2 is 1.65 bits per heavy atom. The number of anilines is 1. The van der Waals surface area contributed by atoms with Crippen LogP contribution in [0.25, 0.3) is 0 Å². The molecule has 2 rings (SSSR count). The van der Waals surface area contributed by atoms with E-state index in [-0.39, 0.29) is 0 Å². The van der Waals surface area contributed by atoms with E-state index in [1.165, 1.54) is 0 Å². The summed E-state index contributed by atoms with van der Waals surface area (Å²) < 4.78 is 0. The molecule has 88 valence electrons. The first-order chi connectivity index (χ1) is 8.08. The Labute approximate surface area is 110 Å². The summed E-state index contributed by atoms with van der Waals surface area (Å²) in [7, 11) is 0. The molecular weight excluding hydrogens is 257 g/mol. The van der Waals surface area contributed by atoms with Gasteiger partial charge < -0.3 is 10.8 Å². The van der Waals surface area contributed by atoms with Gasteiger partial charge in [-0.25, -0.2) is 0 Å². The first-order valence-corrected chi connectivity index (χ1v) is 5.82. The predicted molar refractivity (Wildman–Crippen MR) is 71.4 cm³/mol. The topological polar surface area (TPSA) is 46.2 Å². The molecule has 0 saturated heterocycles. The highest BCUT2D eigenvalue weighted by molar-refractivity contribution is 6.33. The minimum Gasteiger partial charge on any atom is -0.399 e. The van der Waals surface area contributed by atoms with Crippen molar-refractivity contribution >= 4 is 28.9 Å². The average molecular weight is 268 g/mol. The molecule has 0 radical (unpaired) electrons. The third-order valence-electron chi connectivity index (χ3n) is 2.50. The van der Waals surface area contributed by atoms with Crippen LogP contribution in [0.1, 0.15) is 17.2 Å². The van der Waals surface area contributed by atoms with Crippen LogP contribution in [0.4, 0.5) is 5.69 Å². The maximum atomic E-state index is 10.2. The summed E-state index contributed by atoms with van der Waals surface area (Å²) in [5.74, 6) is 0. The van der Waals surface area contributed by atoms with Gasteiger partial charge in [0.05, 0.1) is 0 Å².